The Labute approximate surface area is 143 Å². The average Bonchev–Trinajstić information content (AvgIpc) is 3.02. The molecule has 1 aliphatic heterocycles. The van der Waals surface area contributed by atoms with E-state index in [0.29, 0.717) is 19.0 Å². The van der Waals surface area contributed by atoms with Gasteiger partial charge in [0.25, 0.3) is 0 Å². The number of hydrogen-bond acceptors (Lipinski definition) is 3. The van der Waals surface area contributed by atoms with E-state index in [-0.39, 0.29) is 5.91 Å². The van der Waals surface area contributed by atoms with Crippen molar-refractivity contribution >= 4 is 5.91 Å². The lowest BCUT2D eigenvalue weighted by atomic mass is 9.94. The number of rotatable bonds is 5. The number of nitrogens with zero attached hydrogens (tertiary/aromatic N) is 3. The van der Waals surface area contributed by atoms with E-state index < -0.39 is 0 Å². The maximum atomic E-state index is 12.5. The second kappa shape index (κ2) is 7.62. The molecule has 1 aromatic heterocycles. The Balaban J connectivity index is 1.53. The average molecular weight is 326 g/mol. The van der Waals surface area contributed by atoms with Crippen LogP contribution in [0.3, 0.4) is 0 Å². The molecule has 1 aliphatic rings. The molecule has 1 N–H and O–H groups in total. The van der Waals surface area contributed by atoms with Gasteiger partial charge in [0.15, 0.2) is 0 Å². The zero-order valence-corrected chi connectivity index (χ0v) is 14.5. The highest BCUT2D eigenvalue weighted by Gasteiger charge is 2.25. The first-order chi connectivity index (χ1) is 11.6. The molecule has 1 fully saturated rings. The van der Waals surface area contributed by atoms with Gasteiger partial charge in [-0.3, -0.25) is 14.8 Å². The van der Waals surface area contributed by atoms with Crippen LogP contribution in [0.4, 0.5) is 0 Å². The third-order valence-electron chi connectivity index (χ3n) is 4.70. The fraction of sp³-hybridized carbons (Fsp3) is 0.474. The highest BCUT2D eigenvalue weighted by atomic mass is 16.2. The van der Waals surface area contributed by atoms with Crippen LogP contribution in [0.5, 0.6) is 0 Å². The number of piperidine rings is 1. The molecule has 0 saturated carbocycles. The first-order valence-electron chi connectivity index (χ1n) is 8.64. The van der Waals surface area contributed by atoms with E-state index in [1.54, 1.807) is 0 Å². The number of aryl methyl sites for hydroxylation is 1. The summed E-state index contributed by atoms with van der Waals surface area (Å²) in [6, 6.07) is 12.2. The number of nitrogens with one attached hydrogen (secondary N) is 1. The van der Waals surface area contributed by atoms with Gasteiger partial charge in [0.2, 0.25) is 5.91 Å². The molecule has 3 rings (SSSR count). The van der Waals surface area contributed by atoms with Crippen molar-refractivity contribution in [1.82, 2.24) is 20.0 Å². The second-order valence-corrected chi connectivity index (χ2v) is 6.79. The second-order valence-electron chi connectivity index (χ2n) is 6.79. The molecule has 2 heterocycles. The van der Waals surface area contributed by atoms with Gasteiger partial charge in [0.05, 0.1) is 12.2 Å². The van der Waals surface area contributed by atoms with Crippen LogP contribution in [0.15, 0.2) is 36.4 Å². The minimum atomic E-state index is 0.178. The predicted molar refractivity (Wildman–Crippen MR) is 94.7 cm³/mol. The number of amides is 1. The van der Waals surface area contributed by atoms with Crippen molar-refractivity contribution < 1.29 is 4.79 Å². The molecule has 1 aromatic carbocycles. The van der Waals surface area contributed by atoms with E-state index in [9.17, 15) is 4.79 Å². The highest BCUT2D eigenvalue weighted by Crippen LogP contribution is 2.25. The molecular weight excluding hydrogens is 300 g/mol. The number of likely N-dealkylation sites (tertiary alicyclic amines) is 1. The molecule has 1 amide bonds. The van der Waals surface area contributed by atoms with E-state index in [0.717, 1.165) is 42.9 Å². The van der Waals surface area contributed by atoms with Crippen molar-refractivity contribution in [2.75, 3.05) is 26.7 Å². The third-order valence-corrected chi connectivity index (χ3v) is 4.70. The molecule has 0 unspecified atom stereocenters. The van der Waals surface area contributed by atoms with E-state index >= 15 is 0 Å². The Bertz CT molecular complexity index is 667. The fourth-order valence-electron chi connectivity index (χ4n) is 3.35. The van der Waals surface area contributed by atoms with Crippen LogP contribution >= 0.6 is 0 Å². The molecule has 0 spiro atoms. The highest BCUT2D eigenvalue weighted by molar-refractivity contribution is 5.78. The predicted octanol–water partition coefficient (Wildman–Crippen LogP) is 2.56. The van der Waals surface area contributed by atoms with Crippen molar-refractivity contribution in [3.05, 3.63) is 53.3 Å². The number of aromatic nitrogens is 2. The lowest BCUT2D eigenvalue weighted by molar-refractivity contribution is -0.131. The van der Waals surface area contributed by atoms with Crippen LogP contribution in [0.2, 0.25) is 0 Å². The Morgan fingerprint density at radius 2 is 2.17 bits per heavy atom. The number of carbonyl (C=O) groups excluding carboxylic acids is 1. The molecule has 1 atom stereocenters. The number of benzene rings is 1. The van der Waals surface area contributed by atoms with Gasteiger partial charge in [-0.25, -0.2) is 0 Å². The van der Waals surface area contributed by atoms with Crippen molar-refractivity contribution in [3.63, 3.8) is 0 Å². The zero-order chi connectivity index (χ0) is 16.9. The Morgan fingerprint density at radius 3 is 2.88 bits per heavy atom. The van der Waals surface area contributed by atoms with Gasteiger partial charge in [0.1, 0.15) is 0 Å². The summed E-state index contributed by atoms with van der Waals surface area (Å²) in [7, 11) is 1.88. The third kappa shape index (κ3) is 4.23. The molecule has 5 heteroatoms. The zero-order valence-electron chi connectivity index (χ0n) is 14.5. The van der Waals surface area contributed by atoms with E-state index in [2.05, 4.69) is 33.3 Å². The summed E-state index contributed by atoms with van der Waals surface area (Å²) in [6.45, 7) is 5.08. The van der Waals surface area contributed by atoms with Gasteiger partial charge < -0.3 is 4.90 Å². The van der Waals surface area contributed by atoms with Gasteiger partial charge in [-0.15, -0.1) is 0 Å². The minimum absolute atomic E-state index is 0.178. The SMILES string of the molecule is Cc1cc([C@@H]2CCCN(CC(=O)N(C)Cc3ccccc3)C2)n[nH]1. The number of aromatic amines is 1. The Hall–Kier alpha value is -2.14. The van der Waals surface area contributed by atoms with Crippen LogP contribution < -0.4 is 0 Å². The molecule has 128 valence electrons. The van der Waals surface area contributed by atoms with Crippen LogP contribution in [-0.4, -0.2) is 52.6 Å². The topological polar surface area (TPSA) is 52.2 Å². The van der Waals surface area contributed by atoms with Crippen LogP contribution in [0.1, 0.15) is 35.7 Å². The van der Waals surface area contributed by atoms with Crippen molar-refractivity contribution in [3.8, 4) is 0 Å². The number of H-pyrrole nitrogens is 1. The minimum Gasteiger partial charge on any atom is -0.340 e. The smallest absolute Gasteiger partial charge is 0.236 e. The number of hydrogen-bond donors (Lipinski definition) is 1. The number of likely N-dealkylation sites (N-methyl/N-ethyl adjacent to an activating group) is 1. The van der Waals surface area contributed by atoms with Gasteiger partial charge in [0, 0.05) is 31.7 Å². The maximum absolute atomic E-state index is 12.5. The van der Waals surface area contributed by atoms with E-state index in [4.69, 9.17) is 0 Å². The largest absolute Gasteiger partial charge is 0.340 e. The Morgan fingerprint density at radius 1 is 1.38 bits per heavy atom. The number of carbonyl (C=O) groups is 1. The summed E-state index contributed by atoms with van der Waals surface area (Å²) in [4.78, 5) is 16.6. The summed E-state index contributed by atoms with van der Waals surface area (Å²) >= 11 is 0. The quantitative estimate of drug-likeness (QED) is 0.919. The van der Waals surface area contributed by atoms with Crippen molar-refractivity contribution in [2.24, 2.45) is 0 Å². The summed E-state index contributed by atoms with van der Waals surface area (Å²) in [5.74, 6) is 0.605. The summed E-state index contributed by atoms with van der Waals surface area (Å²) in [6.07, 6.45) is 2.26. The van der Waals surface area contributed by atoms with Crippen molar-refractivity contribution in [2.45, 2.75) is 32.2 Å². The first kappa shape index (κ1) is 16.7. The Kier molecular flexibility index (Phi) is 5.30. The van der Waals surface area contributed by atoms with Crippen LogP contribution in [-0.2, 0) is 11.3 Å². The molecule has 1 saturated heterocycles. The molecule has 0 aliphatic carbocycles. The molecule has 0 radical (unpaired) electrons. The van der Waals surface area contributed by atoms with Gasteiger partial charge in [-0.2, -0.15) is 5.10 Å². The summed E-state index contributed by atoms with van der Waals surface area (Å²) in [5, 5.41) is 7.42. The molecule has 0 bridgehead atoms. The van der Waals surface area contributed by atoms with Gasteiger partial charge in [-0.1, -0.05) is 30.3 Å². The first-order valence-corrected chi connectivity index (χ1v) is 8.64. The summed E-state index contributed by atoms with van der Waals surface area (Å²) < 4.78 is 0. The van der Waals surface area contributed by atoms with Crippen LogP contribution in [0, 0.1) is 6.92 Å². The van der Waals surface area contributed by atoms with Gasteiger partial charge >= 0.3 is 0 Å². The molecule has 5 nitrogen and oxygen atoms in total. The van der Waals surface area contributed by atoms with E-state index in [1.165, 1.54) is 0 Å². The normalized spacial score (nSPS) is 18.5. The van der Waals surface area contributed by atoms with Crippen molar-refractivity contribution in [1.29, 1.82) is 0 Å². The lowest BCUT2D eigenvalue weighted by Crippen LogP contribution is -2.42. The molecule has 24 heavy (non-hydrogen) atoms. The van der Waals surface area contributed by atoms with Gasteiger partial charge in [-0.05, 0) is 37.9 Å². The fourth-order valence-corrected chi connectivity index (χ4v) is 3.35. The monoisotopic (exact) mass is 326 g/mol. The molecular formula is C19H26N4O. The molecule has 2 aromatic rings. The van der Waals surface area contributed by atoms with E-state index in [1.807, 2.05) is 37.1 Å². The van der Waals surface area contributed by atoms with Crippen LogP contribution in [0.25, 0.3) is 0 Å². The maximum Gasteiger partial charge on any atom is 0.236 e. The standard InChI is InChI=1S/C19H26N4O/c1-15-11-18(21-20-15)17-9-6-10-23(13-17)14-19(24)22(2)12-16-7-4-3-5-8-16/h3-5,7-8,11,17H,6,9-10,12-14H2,1-2H3,(H,20,21)/t17-/m1/s1. The summed E-state index contributed by atoms with van der Waals surface area (Å²) in [5.41, 5.74) is 3.39. The lowest BCUT2D eigenvalue weighted by Gasteiger charge is -2.32.